The molecule has 1 saturated carbocycles. The lowest BCUT2D eigenvalue weighted by atomic mass is 9.84. The van der Waals surface area contributed by atoms with Crippen LogP contribution in [0.3, 0.4) is 0 Å². The van der Waals surface area contributed by atoms with Gasteiger partial charge in [0.2, 0.25) is 5.88 Å². The maximum Gasteiger partial charge on any atom is 0.225 e. The Kier molecular flexibility index (Phi) is 6.02. The first kappa shape index (κ1) is 19.7. The molecule has 0 unspecified atom stereocenters. The van der Waals surface area contributed by atoms with Gasteiger partial charge in [-0.25, -0.2) is 9.97 Å². The highest BCUT2D eigenvalue weighted by molar-refractivity contribution is 7.18. The van der Waals surface area contributed by atoms with Crippen molar-refractivity contribution >= 4 is 21.6 Å². The summed E-state index contributed by atoms with van der Waals surface area (Å²) < 4.78 is 12.0. The summed E-state index contributed by atoms with van der Waals surface area (Å²) >= 11 is 1.87. The first-order valence-electron chi connectivity index (χ1n) is 11.6. The second kappa shape index (κ2) is 8.86. The van der Waals surface area contributed by atoms with E-state index in [0.717, 1.165) is 55.8 Å². The lowest BCUT2D eigenvalue weighted by molar-refractivity contribution is -0.00126. The molecule has 6 heteroatoms. The van der Waals surface area contributed by atoms with E-state index < -0.39 is 0 Å². The summed E-state index contributed by atoms with van der Waals surface area (Å²) in [5, 5.41) is 1.23. The van der Waals surface area contributed by atoms with Gasteiger partial charge >= 0.3 is 0 Å². The van der Waals surface area contributed by atoms with Crippen molar-refractivity contribution in [3.63, 3.8) is 0 Å². The van der Waals surface area contributed by atoms with Crippen molar-refractivity contribution in [2.24, 2.45) is 5.92 Å². The maximum atomic E-state index is 6.54. The Balaban J connectivity index is 1.29. The largest absolute Gasteiger partial charge is 0.474 e. The molecule has 2 fully saturated rings. The van der Waals surface area contributed by atoms with E-state index in [2.05, 4.69) is 21.8 Å². The van der Waals surface area contributed by atoms with Crippen LogP contribution in [0.15, 0.2) is 6.33 Å². The second-order valence-electron chi connectivity index (χ2n) is 8.96. The monoisotopic (exact) mass is 415 g/mol. The molecule has 0 aromatic carbocycles. The molecule has 158 valence electrons. The molecule has 1 aliphatic heterocycles. The summed E-state index contributed by atoms with van der Waals surface area (Å²) in [4.78, 5) is 14.5. The molecule has 0 N–H and O–H groups in total. The molecule has 2 aromatic rings. The summed E-state index contributed by atoms with van der Waals surface area (Å²) in [5.41, 5.74) is 1.49. The Morgan fingerprint density at radius 2 is 1.97 bits per heavy atom. The zero-order valence-corrected chi connectivity index (χ0v) is 18.4. The smallest absolute Gasteiger partial charge is 0.225 e. The lowest BCUT2D eigenvalue weighted by Gasteiger charge is -2.38. The van der Waals surface area contributed by atoms with Crippen molar-refractivity contribution < 1.29 is 9.47 Å². The minimum absolute atomic E-state index is 0.288. The quantitative estimate of drug-likeness (QED) is 0.713. The molecular formula is C23H33N3O2S. The lowest BCUT2D eigenvalue weighted by Crippen LogP contribution is -2.46. The van der Waals surface area contributed by atoms with Crippen molar-refractivity contribution in [3.05, 3.63) is 16.8 Å². The van der Waals surface area contributed by atoms with Gasteiger partial charge in [0.05, 0.1) is 18.6 Å². The molecule has 29 heavy (non-hydrogen) atoms. The van der Waals surface area contributed by atoms with Crippen LogP contribution in [0.25, 0.3) is 10.2 Å². The number of hydrogen-bond donors (Lipinski definition) is 0. The van der Waals surface area contributed by atoms with Gasteiger partial charge in [-0.3, -0.25) is 4.90 Å². The van der Waals surface area contributed by atoms with Gasteiger partial charge in [0.25, 0.3) is 0 Å². The minimum atomic E-state index is 0.288. The van der Waals surface area contributed by atoms with Crippen molar-refractivity contribution in [3.8, 4) is 5.88 Å². The van der Waals surface area contributed by atoms with Crippen LogP contribution in [0.4, 0.5) is 0 Å². The van der Waals surface area contributed by atoms with Gasteiger partial charge in [0.1, 0.15) is 17.3 Å². The van der Waals surface area contributed by atoms with Crippen molar-refractivity contribution in [1.82, 2.24) is 14.9 Å². The molecule has 0 spiro atoms. The highest BCUT2D eigenvalue weighted by Gasteiger charge is 2.30. The van der Waals surface area contributed by atoms with E-state index in [1.807, 2.05) is 11.3 Å². The summed E-state index contributed by atoms with van der Waals surface area (Å²) in [6.45, 7) is 6.24. The van der Waals surface area contributed by atoms with Gasteiger partial charge in [0.15, 0.2) is 0 Å². The topological polar surface area (TPSA) is 47.5 Å². The Labute approximate surface area is 177 Å². The zero-order chi connectivity index (χ0) is 19.6. The third kappa shape index (κ3) is 4.17. The molecule has 2 aromatic heterocycles. The Hall–Kier alpha value is -1.24. The van der Waals surface area contributed by atoms with Crippen LogP contribution in [0.1, 0.15) is 62.3 Å². The first-order chi connectivity index (χ1) is 14.3. The van der Waals surface area contributed by atoms with Crippen molar-refractivity contribution in [1.29, 1.82) is 0 Å². The normalized spacial score (nSPS) is 28.4. The Bertz CT molecular complexity index is 825. The van der Waals surface area contributed by atoms with E-state index in [9.17, 15) is 0 Å². The average Bonchev–Trinajstić information content (AvgIpc) is 3.14. The van der Waals surface area contributed by atoms with Crippen LogP contribution in [-0.2, 0) is 17.6 Å². The molecule has 0 radical (unpaired) electrons. The second-order valence-corrected chi connectivity index (χ2v) is 10.0. The molecule has 3 aliphatic rings. The maximum absolute atomic E-state index is 6.54. The summed E-state index contributed by atoms with van der Waals surface area (Å²) in [5.74, 6) is 1.65. The van der Waals surface area contributed by atoms with Crippen LogP contribution in [0.5, 0.6) is 5.88 Å². The van der Waals surface area contributed by atoms with Crippen LogP contribution < -0.4 is 4.74 Å². The number of fused-ring (bicyclic) bond motifs is 3. The molecule has 3 heterocycles. The predicted molar refractivity (Wildman–Crippen MR) is 117 cm³/mol. The Morgan fingerprint density at radius 1 is 1.14 bits per heavy atom. The molecule has 1 atom stereocenters. The number of aryl methyl sites for hydroxylation is 1. The van der Waals surface area contributed by atoms with E-state index >= 15 is 0 Å². The highest BCUT2D eigenvalue weighted by atomic mass is 32.1. The van der Waals surface area contributed by atoms with E-state index in [-0.39, 0.29) is 6.10 Å². The molecule has 5 nitrogen and oxygen atoms in total. The molecular weight excluding hydrogens is 382 g/mol. The molecule has 0 amide bonds. The Morgan fingerprint density at radius 3 is 2.76 bits per heavy atom. The van der Waals surface area contributed by atoms with Gasteiger partial charge in [-0.05, 0) is 56.4 Å². The minimum Gasteiger partial charge on any atom is -0.474 e. The number of rotatable bonds is 5. The molecule has 0 bridgehead atoms. The van der Waals surface area contributed by atoms with Gasteiger partial charge in [-0.15, -0.1) is 11.3 Å². The van der Waals surface area contributed by atoms with E-state index in [1.54, 1.807) is 6.33 Å². The van der Waals surface area contributed by atoms with E-state index in [4.69, 9.17) is 9.47 Å². The fourth-order valence-corrected chi connectivity index (χ4v) is 6.70. The van der Waals surface area contributed by atoms with Crippen molar-refractivity contribution in [2.75, 3.05) is 26.3 Å². The summed E-state index contributed by atoms with van der Waals surface area (Å²) in [6, 6.07) is 0.702. The SMILES string of the molecule is CCC[C@@H]1CCc2sc3ncnc(OC4CCC(N5CCOCC5)CC4)c3c2C1. The molecule has 2 aliphatic carbocycles. The van der Waals surface area contributed by atoms with E-state index in [0.29, 0.717) is 6.04 Å². The third-order valence-electron chi connectivity index (χ3n) is 7.09. The number of thiophene rings is 1. The van der Waals surface area contributed by atoms with Gasteiger partial charge in [0, 0.05) is 24.0 Å². The van der Waals surface area contributed by atoms with Gasteiger partial charge in [-0.2, -0.15) is 0 Å². The molecule has 5 rings (SSSR count). The van der Waals surface area contributed by atoms with Gasteiger partial charge < -0.3 is 9.47 Å². The third-order valence-corrected chi connectivity index (χ3v) is 8.29. The number of ether oxygens (including phenoxy) is 2. The average molecular weight is 416 g/mol. The first-order valence-corrected chi connectivity index (χ1v) is 12.4. The van der Waals surface area contributed by atoms with Crippen LogP contribution >= 0.6 is 11.3 Å². The number of nitrogens with zero attached hydrogens (tertiary/aromatic N) is 3. The van der Waals surface area contributed by atoms with Crippen LogP contribution in [0, 0.1) is 5.92 Å². The summed E-state index contributed by atoms with van der Waals surface area (Å²) in [7, 11) is 0. The highest BCUT2D eigenvalue weighted by Crippen LogP contribution is 2.42. The van der Waals surface area contributed by atoms with Crippen molar-refractivity contribution in [2.45, 2.75) is 76.9 Å². The van der Waals surface area contributed by atoms with Crippen LogP contribution in [0.2, 0.25) is 0 Å². The summed E-state index contributed by atoms with van der Waals surface area (Å²) in [6.07, 6.45) is 13.0. The number of morpholine rings is 1. The van der Waals surface area contributed by atoms with Gasteiger partial charge in [-0.1, -0.05) is 19.8 Å². The van der Waals surface area contributed by atoms with Crippen LogP contribution in [-0.4, -0.2) is 53.3 Å². The standard InChI is InChI=1S/C23H33N3O2S/c1-2-3-16-4-9-20-19(14-16)21-22(24-15-25-23(21)29-20)28-18-7-5-17(6-8-18)26-10-12-27-13-11-26/h15-18H,2-14H2,1H3/t16-,17?,18?/m1/s1. The predicted octanol–water partition coefficient (Wildman–Crippen LogP) is 4.62. The molecule has 1 saturated heterocycles. The zero-order valence-electron chi connectivity index (χ0n) is 17.6. The fourth-order valence-electron chi connectivity index (χ4n) is 5.52. The number of aromatic nitrogens is 2. The van der Waals surface area contributed by atoms with E-state index in [1.165, 1.54) is 60.8 Å². The number of hydrogen-bond acceptors (Lipinski definition) is 6. The fraction of sp³-hybridized carbons (Fsp3) is 0.739.